The van der Waals surface area contributed by atoms with Gasteiger partial charge in [0.25, 0.3) is 0 Å². The number of H-pyrrole nitrogens is 1. The van der Waals surface area contributed by atoms with Gasteiger partial charge in [-0.1, -0.05) is 18.2 Å². The highest BCUT2D eigenvalue weighted by molar-refractivity contribution is 6.08. The number of aromatic amines is 1. The van der Waals surface area contributed by atoms with Gasteiger partial charge >= 0.3 is 0 Å². The van der Waals surface area contributed by atoms with Crippen LogP contribution in [0.25, 0.3) is 11.0 Å². The lowest BCUT2D eigenvalue weighted by Gasteiger charge is -2.38. The third kappa shape index (κ3) is 4.29. The summed E-state index contributed by atoms with van der Waals surface area (Å²) in [5.41, 5.74) is 3.34. The summed E-state index contributed by atoms with van der Waals surface area (Å²) >= 11 is 0. The molecule has 0 radical (unpaired) electrons. The SMILES string of the molecule is CN1CCC[C@H]1C1=CC=CN(CCO)C1Oc1ccc(C(=O)c2nc3ccccc3[nH]2)cc1. The Morgan fingerprint density at radius 3 is 2.76 bits per heavy atom. The Morgan fingerprint density at radius 2 is 2.03 bits per heavy atom. The molecule has 1 unspecified atom stereocenters. The van der Waals surface area contributed by atoms with Crippen LogP contribution in [0.1, 0.15) is 29.0 Å². The van der Waals surface area contributed by atoms with Crippen molar-refractivity contribution in [2.75, 3.05) is 26.7 Å². The number of hydrogen-bond acceptors (Lipinski definition) is 6. The fourth-order valence-electron chi connectivity index (χ4n) is 4.68. The first-order valence-electron chi connectivity index (χ1n) is 11.4. The van der Waals surface area contributed by atoms with Crippen molar-refractivity contribution >= 4 is 16.8 Å². The number of hydrogen-bond donors (Lipinski definition) is 2. The van der Waals surface area contributed by atoms with E-state index in [1.807, 2.05) is 53.6 Å². The van der Waals surface area contributed by atoms with Crippen LogP contribution in [0.15, 0.2) is 72.5 Å². The molecule has 2 N–H and O–H groups in total. The number of fused-ring (bicyclic) bond motifs is 1. The van der Waals surface area contributed by atoms with Crippen LogP contribution >= 0.6 is 0 Å². The van der Waals surface area contributed by atoms with Crippen molar-refractivity contribution < 1.29 is 14.6 Å². The molecule has 2 aromatic carbocycles. The van der Waals surface area contributed by atoms with Crippen molar-refractivity contribution in [2.24, 2.45) is 0 Å². The van der Waals surface area contributed by atoms with Crippen LogP contribution in [0, 0.1) is 0 Å². The highest BCUT2D eigenvalue weighted by Gasteiger charge is 2.34. The van der Waals surface area contributed by atoms with Gasteiger partial charge in [-0.2, -0.15) is 0 Å². The summed E-state index contributed by atoms with van der Waals surface area (Å²) in [6, 6.07) is 15.1. The summed E-state index contributed by atoms with van der Waals surface area (Å²) in [5, 5.41) is 9.56. The van der Waals surface area contributed by atoms with Crippen LogP contribution in [-0.4, -0.2) is 69.7 Å². The number of allylic oxidation sites excluding steroid dienone is 2. The lowest BCUT2D eigenvalue weighted by atomic mass is 10.00. The van der Waals surface area contributed by atoms with Gasteiger partial charge < -0.3 is 19.7 Å². The number of nitrogens with one attached hydrogen (secondary N) is 1. The van der Waals surface area contributed by atoms with Gasteiger partial charge in [0.05, 0.1) is 17.6 Å². The van der Waals surface area contributed by atoms with Gasteiger partial charge in [-0.25, -0.2) is 4.98 Å². The fraction of sp³-hybridized carbons (Fsp3) is 0.308. The molecule has 170 valence electrons. The molecule has 3 aromatic rings. The van der Waals surface area contributed by atoms with E-state index in [4.69, 9.17) is 4.74 Å². The predicted molar refractivity (Wildman–Crippen MR) is 127 cm³/mol. The van der Waals surface area contributed by atoms with Crippen LogP contribution in [0.2, 0.25) is 0 Å². The Morgan fingerprint density at radius 1 is 1.21 bits per heavy atom. The van der Waals surface area contributed by atoms with Crippen molar-refractivity contribution in [1.29, 1.82) is 0 Å². The number of imidazole rings is 1. The highest BCUT2D eigenvalue weighted by atomic mass is 16.5. The van der Waals surface area contributed by atoms with Gasteiger partial charge in [0.2, 0.25) is 5.78 Å². The number of carbonyl (C=O) groups is 1. The number of β-amino-alcohol motifs (C(OH)–C–C–N with tert-alkyl or cyclic N) is 1. The fourth-order valence-corrected chi connectivity index (χ4v) is 4.68. The third-order valence-electron chi connectivity index (χ3n) is 6.38. The number of aromatic nitrogens is 2. The maximum atomic E-state index is 12.9. The second kappa shape index (κ2) is 9.21. The smallest absolute Gasteiger partial charge is 0.228 e. The Balaban J connectivity index is 1.35. The first-order valence-corrected chi connectivity index (χ1v) is 11.4. The van der Waals surface area contributed by atoms with E-state index in [-0.39, 0.29) is 18.6 Å². The van der Waals surface area contributed by atoms with Crippen LogP contribution in [0.5, 0.6) is 5.75 Å². The summed E-state index contributed by atoms with van der Waals surface area (Å²) in [6.07, 6.45) is 8.06. The number of para-hydroxylation sites is 2. The molecule has 0 aliphatic carbocycles. The molecule has 2 aliphatic heterocycles. The number of aliphatic hydroxyl groups excluding tert-OH is 1. The molecule has 0 amide bonds. The van der Waals surface area contributed by atoms with Gasteiger partial charge in [0.1, 0.15) is 5.75 Å². The molecule has 5 rings (SSSR count). The molecular weight excluding hydrogens is 416 g/mol. The molecular formula is C26H28N4O3. The van der Waals surface area contributed by atoms with E-state index in [2.05, 4.69) is 28.0 Å². The Kier molecular flexibility index (Phi) is 5.98. The van der Waals surface area contributed by atoms with Gasteiger partial charge in [-0.05, 0) is 68.9 Å². The zero-order valence-corrected chi connectivity index (χ0v) is 18.6. The molecule has 1 saturated heterocycles. The maximum absolute atomic E-state index is 12.9. The number of nitrogens with zero attached hydrogens (tertiary/aromatic N) is 3. The Bertz CT molecular complexity index is 1160. The van der Waals surface area contributed by atoms with Crippen molar-refractivity contribution in [1.82, 2.24) is 19.8 Å². The van der Waals surface area contributed by atoms with Gasteiger partial charge in [-0.15, -0.1) is 0 Å². The number of ether oxygens (including phenoxy) is 1. The summed E-state index contributed by atoms with van der Waals surface area (Å²) in [4.78, 5) is 24.8. The second-order valence-electron chi connectivity index (χ2n) is 8.53. The van der Waals surface area contributed by atoms with Crippen LogP contribution < -0.4 is 4.74 Å². The molecule has 0 bridgehead atoms. The summed E-state index contributed by atoms with van der Waals surface area (Å²) in [5.74, 6) is 0.838. The zero-order valence-electron chi connectivity index (χ0n) is 18.6. The Hall–Kier alpha value is -3.42. The number of aliphatic hydroxyl groups is 1. The number of carbonyl (C=O) groups excluding carboxylic acids is 1. The van der Waals surface area contributed by atoms with Crippen molar-refractivity contribution in [3.05, 3.63) is 83.8 Å². The maximum Gasteiger partial charge on any atom is 0.228 e. The molecule has 33 heavy (non-hydrogen) atoms. The molecule has 1 aromatic heterocycles. The molecule has 0 spiro atoms. The minimum atomic E-state index is -0.301. The van der Waals surface area contributed by atoms with Crippen LogP contribution in [-0.2, 0) is 0 Å². The number of rotatable bonds is 7. The Labute approximate surface area is 193 Å². The zero-order chi connectivity index (χ0) is 22.8. The first kappa shape index (κ1) is 21.4. The number of benzene rings is 2. The number of likely N-dealkylation sites (tertiary alicyclic amines) is 1. The predicted octanol–water partition coefficient (Wildman–Crippen LogP) is 3.34. The average molecular weight is 445 g/mol. The third-order valence-corrected chi connectivity index (χ3v) is 6.38. The first-order chi connectivity index (χ1) is 16.1. The standard InChI is InChI=1S/C26H28N4O3/c1-29-14-5-9-23(29)20-6-4-15-30(16-17-31)26(20)33-19-12-10-18(11-13-19)24(32)25-27-21-7-2-3-8-22(21)28-25/h2-4,6-8,10-13,15,23,26,31H,5,9,14,16-17H2,1H3,(H,27,28)/t23-,26?/m0/s1. The normalized spacial score (nSPS) is 20.9. The van der Waals surface area contributed by atoms with Crippen LogP contribution in [0.4, 0.5) is 0 Å². The molecule has 0 saturated carbocycles. The topological polar surface area (TPSA) is 81.7 Å². The van der Waals surface area contributed by atoms with Crippen molar-refractivity contribution in [3.8, 4) is 5.75 Å². The molecule has 7 heteroatoms. The second-order valence-corrected chi connectivity index (χ2v) is 8.53. The lowest BCUT2D eigenvalue weighted by molar-refractivity contribution is 0.0643. The molecule has 2 aliphatic rings. The molecule has 7 nitrogen and oxygen atoms in total. The minimum Gasteiger partial charge on any atom is -0.467 e. The van der Waals surface area contributed by atoms with Crippen molar-refractivity contribution in [3.63, 3.8) is 0 Å². The van der Waals surface area contributed by atoms with E-state index >= 15 is 0 Å². The average Bonchev–Trinajstić information content (AvgIpc) is 3.46. The number of ketones is 1. The minimum absolute atomic E-state index is 0.0446. The molecule has 2 atom stereocenters. The van der Waals surface area contributed by atoms with E-state index in [1.165, 1.54) is 5.57 Å². The van der Waals surface area contributed by atoms with Crippen molar-refractivity contribution in [2.45, 2.75) is 25.1 Å². The van der Waals surface area contributed by atoms with E-state index < -0.39 is 0 Å². The lowest BCUT2D eigenvalue weighted by Crippen LogP contribution is -2.45. The summed E-state index contributed by atoms with van der Waals surface area (Å²) in [7, 11) is 2.14. The van der Waals surface area contributed by atoms with Gasteiger partial charge in [0.15, 0.2) is 12.1 Å². The summed E-state index contributed by atoms with van der Waals surface area (Å²) < 4.78 is 6.42. The van der Waals surface area contributed by atoms with E-state index in [0.717, 1.165) is 30.4 Å². The monoisotopic (exact) mass is 444 g/mol. The van der Waals surface area contributed by atoms with Gasteiger partial charge in [-0.3, -0.25) is 9.69 Å². The number of likely N-dealkylation sites (N-methyl/N-ethyl adjacent to an activating group) is 1. The van der Waals surface area contributed by atoms with E-state index in [0.29, 0.717) is 29.7 Å². The largest absolute Gasteiger partial charge is 0.467 e. The highest BCUT2D eigenvalue weighted by Crippen LogP contribution is 2.31. The van der Waals surface area contributed by atoms with Crippen LogP contribution in [0.3, 0.4) is 0 Å². The summed E-state index contributed by atoms with van der Waals surface area (Å²) in [6.45, 7) is 1.59. The van der Waals surface area contributed by atoms with Gasteiger partial charge in [0, 0.05) is 29.9 Å². The molecule has 3 heterocycles. The van der Waals surface area contributed by atoms with E-state index in [1.54, 1.807) is 12.1 Å². The molecule has 1 fully saturated rings. The van der Waals surface area contributed by atoms with E-state index in [9.17, 15) is 9.90 Å². The quantitative estimate of drug-likeness (QED) is 0.544.